The molecule has 5 nitrogen and oxygen atoms in total. The van der Waals surface area contributed by atoms with Crippen LogP contribution < -0.4 is 0 Å². The molecule has 0 bridgehead atoms. The third kappa shape index (κ3) is 5.70. The van der Waals surface area contributed by atoms with E-state index in [4.69, 9.17) is 4.43 Å². The summed E-state index contributed by atoms with van der Waals surface area (Å²) in [7, 11) is -0.567. The van der Waals surface area contributed by atoms with Crippen molar-refractivity contribution in [1.82, 2.24) is 4.90 Å². The fourth-order valence-electron chi connectivity index (χ4n) is 5.38. The first kappa shape index (κ1) is 27.6. The molecule has 1 aliphatic rings. The molecule has 31 heavy (non-hydrogen) atoms. The summed E-state index contributed by atoms with van der Waals surface area (Å²) in [6.07, 6.45) is 6.21. The normalized spacial score (nSPS) is 21.8. The fourth-order valence-corrected chi connectivity index (χ4v) is 11.0. The van der Waals surface area contributed by atoms with Gasteiger partial charge in [0.05, 0.1) is 6.10 Å². The van der Waals surface area contributed by atoms with Crippen molar-refractivity contribution in [2.24, 2.45) is 5.92 Å². The average molecular weight is 452 g/mol. The van der Waals surface area contributed by atoms with E-state index in [0.717, 1.165) is 19.3 Å². The molecule has 0 unspecified atom stereocenters. The van der Waals surface area contributed by atoms with E-state index in [9.17, 15) is 14.7 Å². The number of rotatable bonds is 11. The SMILES string of the molecule is C/C=C/CCC[C@H](C)/C(O)=C1\C(=O)[C@H]([C@@H](C)O[Si](C(C)C)(C(C)C)C(C)C)N(C)C1=O. The van der Waals surface area contributed by atoms with E-state index < -0.39 is 26.4 Å². The minimum absolute atomic E-state index is 0.0487. The molecule has 1 saturated heterocycles. The van der Waals surface area contributed by atoms with Gasteiger partial charge in [0.2, 0.25) is 8.32 Å². The lowest BCUT2D eigenvalue weighted by molar-refractivity contribution is -0.127. The molecule has 178 valence electrons. The number of nitrogens with zero attached hydrogens (tertiary/aromatic N) is 1. The van der Waals surface area contributed by atoms with Crippen LogP contribution in [0.2, 0.25) is 16.6 Å². The number of hydrogen-bond acceptors (Lipinski definition) is 4. The number of likely N-dealkylation sites (tertiary alicyclic amines) is 1. The zero-order valence-electron chi connectivity index (χ0n) is 21.4. The Morgan fingerprint density at radius 1 is 1.06 bits per heavy atom. The van der Waals surface area contributed by atoms with Gasteiger partial charge in [0.25, 0.3) is 5.91 Å². The van der Waals surface area contributed by atoms with E-state index in [1.807, 2.05) is 26.8 Å². The maximum atomic E-state index is 13.3. The lowest BCUT2D eigenvalue weighted by Gasteiger charge is -2.45. The van der Waals surface area contributed by atoms with Gasteiger partial charge >= 0.3 is 0 Å². The zero-order valence-corrected chi connectivity index (χ0v) is 22.4. The number of aliphatic hydroxyl groups is 1. The molecular formula is C25H45NO4Si. The van der Waals surface area contributed by atoms with Crippen LogP contribution in [-0.2, 0) is 14.0 Å². The van der Waals surface area contributed by atoms with Gasteiger partial charge in [0.1, 0.15) is 17.4 Å². The van der Waals surface area contributed by atoms with Crippen molar-refractivity contribution in [3.8, 4) is 0 Å². The molecular weight excluding hydrogens is 406 g/mol. The number of amides is 1. The number of allylic oxidation sites excluding steroid dienone is 3. The Labute approximate surface area is 191 Å². The van der Waals surface area contributed by atoms with Gasteiger partial charge in [-0.1, -0.05) is 60.6 Å². The van der Waals surface area contributed by atoms with E-state index in [-0.39, 0.29) is 23.0 Å². The highest BCUT2D eigenvalue weighted by Gasteiger charge is 2.51. The number of aliphatic hydroxyl groups excluding tert-OH is 1. The predicted octanol–water partition coefficient (Wildman–Crippen LogP) is 6.17. The van der Waals surface area contributed by atoms with E-state index >= 15 is 0 Å². The van der Waals surface area contributed by atoms with E-state index in [1.165, 1.54) is 4.90 Å². The number of carbonyl (C=O) groups is 2. The summed E-state index contributed by atoms with van der Waals surface area (Å²) in [4.78, 5) is 27.7. The maximum absolute atomic E-state index is 13.3. The van der Waals surface area contributed by atoms with Crippen molar-refractivity contribution in [2.45, 2.75) is 110 Å². The Balaban J connectivity index is 3.17. The molecule has 0 saturated carbocycles. The Kier molecular flexibility index (Phi) is 10.2. The Morgan fingerprint density at radius 3 is 2.03 bits per heavy atom. The number of likely N-dealkylation sites (N-methyl/N-ethyl adjacent to an activating group) is 1. The van der Waals surface area contributed by atoms with Gasteiger partial charge in [0.15, 0.2) is 5.78 Å². The molecule has 1 fully saturated rings. The summed E-state index contributed by atoms with van der Waals surface area (Å²) in [6.45, 7) is 19.0. The van der Waals surface area contributed by atoms with Gasteiger partial charge in [-0.25, -0.2) is 0 Å². The fraction of sp³-hybridized carbons (Fsp3) is 0.760. The molecule has 1 amide bonds. The van der Waals surface area contributed by atoms with Crippen molar-refractivity contribution in [3.63, 3.8) is 0 Å². The second kappa shape index (κ2) is 11.5. The van der Waals surface area contributed by atoms with E-state index in [2.05, 4.69) is 47.6 Å². The molecule has 0 spiro atoms. The molecule has 3 atom stereocenters. The third-order valence-corrected chi connectivity index (χ3v) is 13.2. The Hall–Kier alpha value is -1.40. The summed E-state index contributed by atoms with van der Waals surface area (Å²) in [5, 5.41) is 10.8. The van der Waals surface area contributed by atoms with Gasteiger partial charge in [-0.3, -0.25) is 9.59 Å². The zero-order chi connectivity index (χ0) is 24.1. The predicted molar refractivity (Wildman–Crippen MR) is 131 cm³/mol. The van der Waals surface area contributed by atoms with Gasteiger partial charge < -0.3 is 14.4 Å². The van der Waals surface area contributed by atoms with Crippen LogP contribution in [0.1, 0.15) is 81.6 Å². The second-order valence-corrected chi connectivity index (χ2v) is 15.4. The first-order valence-corrected chi connectivity index (χ1v) is 14.0. The molecule has 0 aromatic heterocycles. The number of unbranched alkanes of at least 4 members (excludes halogenated alkanes) is 1. The summed E-state index contributed by atoms with van der Waals surface area (Å²) < 4.78 is 6.79. The third-order valence-electron chi connectivity index (χ3n) is 6.97. The molecule has 1 heterocycles. The maximum Gasteiger partial charge on any atom is 0.261 e. The van der Waals surface area contributed by atoms with Crippen LogP contribution in [-0.4, -0.2) is 49.2 Å². The van der Waals surface area contributed by atoms with Crippen LogP contribution in [0.3, 0.4) is 0 Å². The summed E-state index contributed by atoms with van der Waals surface area (Å²) in [5.41, 5.74) is 1.10. The van der Waals surface area contributed by atoms with Crippen molar-refractivity contribution >= 4 is 20.0 Å². The monoisotopic (exact) mass is 451 g/mol. The molecule has 0 aromatic rings. The lowest BCUT2D eigenvalue weighted by Crippen LogP contribution is -2.54. The highest BCUT2D eigenvalue weighted by atomic mass is 28.4. The molecule has 0 aliphatic carbocycles. The minimum atomic E-state index is -2.21. The highest BCUT2D eigenvalue weighted by molar-refractivity contribution is 6.77. The Morgan fingerprint density at radius 2 is 1.58 bits per heavy atom. The van der Waals surface area contributed by atoms with Crippen LogP contribution in [0, 0.1) is 5.92 Å². The van der Waals surface area contributed by atoms with E-state index in [1.54, 1.807) is 7.05 Å². The van der Waals surface area contributed by atoms with E-state index in [0.29, 0.717) is 16.6 Å². The van der Waals surface area contributed by atoms with Gasteiger partial charge in [0, 0.05) is 13.0 Å². The second-order valence-electron chi connectivity index (χ2n) is 10.0. The summed E-state index contributed by atoms with van der Waals surface area (Å²) >= 11 is 0. The topological polar surface area (TPSA) is 66.8 Å². The molecule has 1 aliphatic heterocycles. The van der Waals surface area contributed by atoms with Gasteiger partial charge in [-0.2, -0.15) is 0 Å². The minimum Gasteiger partial charge on any atom is -0.511 e. The number of carbonyl (C=O) groups excluding carboxylic acids is 2. The number of ketones is 1. The standard InChI is InChI=1S/C25H45NO4Si/c1-11-12-13-14-15-19(8)23(27)21-24(28)22(26(10)25(21)29)20(9)30-31(16(2)3,17(4)5)18(6)7/h11-12,16-20,22,27H,13-15H2,1-10H3/b12-11+,23-21-/t19-,20+,22-/m0/s1. The van der Waals surface area contributed by atoms with Crippen molar-refractivity contribution in [3.05, 3.63) is 23.5 Å². The molecule has 6 heteroatoms. The number of Topliss-reactive ketones (excluding diaryl/α,β-unsaturated/α-hetero) is 1. The summed E-state index contributed by atoms with van der Waals surface area (Å²) in [5.74, 6) is -1.00. The van der Waals surface area contributed by atoms with Crippen molar-refractivity contribution in [1.29, 1.82) is 0 Å². The van der Waals surface area contributed by atoms with Crippen LogP contribution in [0.15, 0.2) is 23.5 Å². The number of hydrogen-bond donors (Lipinski definition) is 1. The highest BCUT2D eigenvalue weighted by Crippen LogP contribution is 2.44. The first-order chi connectivity index (χ1) is 14.3. The quantitative estimate of drug-likeness (QED) is 0.102. The average Bonchev–Trinajstić information content (AvgIpc) is 2.90. The Bertz CT molecular complexity index is 674. The van der Waals surface area contributed by atoms with Crippen LogP contribution in [0.4, 0.5) is 0 Å². The largest absolute Gasteiger partial charge is 0.511 e. The molecule has 0 radical (unpaired) electrons. The molecule has 1 rings (SSSR count). The van der Waals surface area contributed by atoms with Crippen LogP contribution in [0.5, 0.6) is 0 Å². The molecule has 1 N–H and O–H groups in total. The first-order valence-electron chi connectivity index (χ1n) is 11.9. The smallest absolute Gasteiger partial charge is 0.261 e. The summed E-state index contributed by atoms with van der Waals surface area (Å²) in [6, 6.07) is -0.692. The van der Waals surface area contributed by atoms with Crippen LogP contribution >= 0.6 is 0 Å². The lowest BCUT2D eigenvalue weighted by atomic mass is 9.95. The van der Waals surface area contributed by atoms with Crippen LogP contribution in [0.25, 0.3) is 0 Å². The van der Waals surface area contributed by atoms with Crippen molar-refractivity contribution in [2.75, 3.05) is 7.05 Å². The molecule has 0 aromatic carbocycles. The van der Waals surface area contributed by atoms with Crippen molar-refractivity contribution < 1.29 is 19.1 Å². The van der Waals surface area contributed by atoms with Gasteiger partial charge in [-0.05, 0) is 49.7 Å². The van der Waals surface area contributed by atoms with Gasteiger partial charge in [-0.15, -0.1) is 0 Å².